The van der Waals surface area contributed by atoms with Crippen molar-refractivity contribution < 1.29 is 18.8 Å². The zero-order valence-electron chi connectivity index (χ0n) is 16.7. The minimum atomic E-state index is -0.750. The molecule has 0 aliphatic heterocycles. The number of nitrogens with zero attached hydrogens (tertiary/aromatic N) is 2. The molecule has 1 heterocycles. The highest BCUT2D eigenvalue weighted by molar-refractivity contribution is 6.33. The number of nitrogens with two attached hydrogens (primary N) is 1. The van der Waals surface area contributed by atoms with Crippen molar-refractivity contribution in [2.24, 2.45) is 11.7 Å². The van der Waals surface area contributed by atoms with E-state index >= 15 is 0 Å². The Labute approximate surface area is 183 Å². The van der Waals surface area contributed by atoms with Crippen LogP contribution in [0.25, 0.3) is 0 Å². The van der Waals surface area contributed by atoms with Gasteiger partial charge in [0.05, 0.1) is 17.0 Å². The number of rotatable bonds is 6. The molecule has 8 nitrogen and oxygen atoms in total. The van der Waals surface area contributed by atoms with E-state index in [4.69, 9.17) is 17.3 Å². The summed E-state index contributed by atoms with van der Waals surface area (Å²) in [7, 11) is 0. The largest absolute Gasteiger partial charge is 0.364 e. The number of benzene rings is 1. The highest BCUT2D eigenvalue weighted by Crippen LogP contribution is 2.37. The molecule has 0 bridgehead atoms. The van der Waals surface area contributed by atoms with Crippen LogP contribution < -0.4 is 11.1 Å². The lowest BCUT2D eigenvalue weighted by Crippen LogP contribution is -2.45. The maximum Gasteiger partial charge on any atom is 0.273 e. The maximum atomic E-state index is 13.2. The lowest BCUT2D eigenvalue weighted by atomic mass is 9.84. The molecule has 10 heteroatoms. The summed E-state index contributed by atoms with van der Waals surface area (Å²) >= 11 is 6.00. The Kier molecular flexibility index (Phi) is 5.95. The second-order valence-corrected chi connectivity index (χ2v) is 8.46. The van der Waals surface area contributed by atoms with E-state index in [9.17, 15) is 18.8 Å². The molecule has 0 unspecified atom stereocenters. The molecule has 31 heavy (non-hydrogen) atoms. The lowest BCUT2D eigenvalue weighted by molar-refractivity contribution is -0.121. The molecule has 2 aliphatic rings. The first-order chi connectivity index (χ1) is 14.8. The van der Waals surface area contributed by atoms with Crippen LogP contribution in [0.1, 0.15) is 59.5 Å². The van der Waals surface area contributed by atoms with Crippen LogP contribution in [0.2, 0.25) is 5.02 Å². The van der Waals surface area contributed by atoms with E-state index in [1.54, 1.807) is 0 Å². The molecule has 0 radical (unpaired) electrons. The van der Waals surface area contributed by atoms with Crippen molar-refractivity contribution in [1.82, 2.24) is 14.9 Å². The van der Waals surface area contributed by atoms with Gasteiger partial charge in [0, 0.05) is 18.0 Å². The minimum absolute atomic E-state index is 0.0255. The smallest absolute Gasteiger partial charge is 0.273 e. The monoisotopic (exact) mass is 447 g/mol. The van der Waals surface area contributed by atoms with E-state index in [2.05, 4.69) is 15.3 Å². The van der Waals surface area contributed by atoms with E-state index < -0.39 is 11.7 Å². The van der Waals surface area contributed by atoms with Crippen LogP contribution >= 0.6 is 11.6 Å². The summed E-state index contributed by atoms with van der Waals surface area (Å²) in [6.07, 6.45) is 5.66. The molecule has 3 amide bonds. The Bertz CT molecular complexity index is 1010. The van der Waals surface area contributed by atoms with Crippen molar-refractivity contribution in [1.29, 1.82) is 0 Å². The number of halogens is 2. The highest BCUT2D eigenvalue weighted by atomic mass is 35.5. The third-order valence-corrected chi connectivity index (χ3v) is 6.22. The Morgan fingerprint density at radius 3 is 2.35 bits per heavy atom. The molecule has 1 aromatic heterocycles. The predicted molar refractivity (Wildman–Crippen MR) is 112 cm³/mol. The molecule has 1 aromatic carbocycles. The van der Waals surface area contributed by atoms with Gasteiger partial charge in [-0.25, -0.2) is 9.37 Å². The molecular formula is C21H23ClFN5O3. The number of primary amides is 1. The summed E-state index contributed by atoms with van der Waals surface area (Å²) < 4.78 is 13.2. The van der Waals surface area contributed by atoms with Crippen LogP contribution in [-0.4, -0.2) is 44.7 Å². The lowest BCUT2D eigenvalue weighted by Gasteiger charge is -2.36. The summed E-state index contributed by atoms with van der Waals surface area (Å²) in [5.41, 5.74) is 5.77. The Hall–Kier alpha value is -2.94. The molecule has 2 aromatic rings. The van der Waals surface area contributed by atoms with Crippen molar-refractivity contribution in [2.75, 3.05) is 5.32 Å². The molecule has 2 aliphatic carbocycles. The predicted octanol–water partition coefficient (Wildman–Crippen LogP) is 3.10. The van der Waals surface area contributed by atoms with E-state index in [1.807, 2.05) is 4.90 Å². The molecular weight excluding hydrogens is 425 g/mol. The van der Waals surface area contributed by atoms with Crippen LogP contribution in [0.5, 0.6) is 0 Å². The van der Waals surface area contributed by atoms with Crippen molar-refractivity contribution in [3.05, 3.63) is 46.8 Å². The van der Waals surface area contributed by atoms with E-state index in [-0.39, 0.29) is 46.2 Å². The summed E-state index contributed by atoms with van der Waals surface area (Å²) in [4.78, 5) is 45.8. The third-order valence-electron chi connectivity index (χ3n) is 5.91. The van der Waals surface area contributed by atoms with Gasteiger partial charge in [0.1, 0.15) is 11.5 Å². The number of hydrogen-bond donors (Lipinski definition) is 3. The SMILES string of the molecule is NC(=O)c1nc[nH]c1C(=O)N(C1CCC(C(=O)Nc2ccc(F)cc2Cl)CC1)C1CC1. The average Bonchev–Trinajstić information content (AvgIpc) is 3.44. The number of amides is 3. The Balaban J connectivity index is 1.40. The van der Waals surface area contributed by atoms with Gasteiger partial charge in [0.2, 0.25) is 5.91 Å². The molecule has 0 saturated heterocycles. The van der Waals surface area contributed by atoms with Crippen molar-refractivity contribution in [2.45, 2.75) is 50.6 Å². The van der Waals surface area contributed by atoms with Crippen molar-refractivity contribution in [3.8, 4) is 0 Å². The number of nitrogens with one attached hydrogen (secondary N) is 2. The topological polar surface area (TPSA) is 121 Å². The van der Waals surface area contributed by atoms with E-state index in [1.165, 1.54) is 18.5 Å². The van der Waals surface area contributed by atoms with Gasteiger partial charge in [-0.15, -0.1) is 0 Å². The first-order valence-corrected chi connectivity index (χ1v) is 10.6. The number of hydrogen-bond acceptors (Lipinski definition) is 4. The number of aromatic amines is 1. The fraction of sp³-hybridized carbons (Fsp3) is 0.429. The molecule has 4 rings (SSSR count). The number of carbonyl (C=O) groups excluding carboxylic acids is 3. The van der Waals surface area contributed by atoms with E-state index in [0.29, 0.717) is 31.4 Å². The fourth-order valence-electron chi connectivity index (χ4n) is 4.20. The first kappa shape index (κ1) is 21.3. The summed E-state index contributed by atoms with van der Waals surface area (Å²) in [6.45, 7) is 0. The third kappa shape index (κ3) is 4.56. The van der Waals surface area contributed by atoms with Gasteiger partial charge in [-0.3, -0.25) is 14.4 Å². The van der Waals surface area contributed by atoms with Gasteiger partial charge in [-0.2, -0.15) is 0 Å². The number of H-pyrrole nitrogens is 1. The normalized spacial score (nSPS) is 20.8. The second-order valence-electron chi connectivity index (χ2n) is 8.05. The van der Waals surface area contributed by atoms with Gasteiger partial charge in [0.15, 0.2) is 5.69 Å². The number of aromatic nitrogens is 2. The fourth-order valence-corrected chi connectivity index (χ4v) is 4.41. The Morgan fingerprint density at radius 2 is 1.77 bits per heavy atom. The minimum Gasteiger partial charge on any atom is -0.364 e. The van der Waals surface area contributed by atoms with Crippen molar-refractivity contribution in [3.63, 3.8) is 0 Å². The standard InChI is InChI=1S/C21H23ClFN5O3/c22-15-9-12(23)3-8-16(15)27-20(30)11-1-4-13(5-2-11)28(14-6-7-14)21(31)18-17(19(24)29)25-10-26-18/h3,8-11,13-14H,1-2,4-7H2,(H2,24,29)(H,25,26)(H,27,30). The molecule has 2 saturated carbocycles. The zero-order chi connectivity index (χ0) is 22.1. The van der Waals surface area contributed by atoms with Crippen LogP contribution in [0, 0.1) is 11.7 Å². The van der Waals surface area contributed by atoms with E-state index in [0.717, 1.165) is 18.9 Å². The number of anilines is 1. The summed E-state index contributed by atoms with van der Waals surface area (Å²) in [5.74, 6) is -1.88. The molecule has 0 atom stereocenters. The van der Waals surface area contributed by atoms with Crippen LogP contribution in [0.4, 0.5) is 10.1 Å². The molecule has 0 spiro atoms. The van der Waals surface area contributed by atoms with Gasteiger partial charge in [0.25, 0.3) is 11.8 Å². The maximum absolute atomic E-state index is 13.2. The Morgan fingerprint density at radius 1 is 1.13 bits per heavy atom. The quantitative estimate of drug-likeness (QED) is 0.629. The van der Waals surface area contributed by atoms with Gasteiger partial charge < -0.3 is 20.9 Å². The summed E-state index contributed by atoms with van der Waals surface area (Å²) in [6, 6.07) is 3.94. The first-order valence-electron chi connectivity index (χ1n) is 10.3. The number of carbonyl (C=O) groups is 3. The van der Waals surface area contributed by atoms with Crippen LogP contribution in [0.3, 0.4) is 0 Å². The molecule has 4 N–H and O–H groups in total. The van der Waals surface area contributed by atoms with Gasteiger partial charge >= 0.3 is 0 Å². The van der Waals surface area contributed by atoms with Gasteiger partial charge in [-0.05, 0) is 56.7 Å². The zero-order valence-corrected chi connectivity index (χ0v) is 17.5. The van der Waals surface area contributed by atoms with Gasteiger partial charge in [-0.1, -0.05) is 11.6 Å². The second kappa shape index (κ2) is 8.66. The average molecular weight is 448 g/mol. The number of imidazole rings is 1. The molecule has 164 valence electrons. The molecule has 2 fully saturated rings. The van der Waals surface area contributed by atoms with Crippen LogP contribution in [0.15, 0.2) is 24.5 Å². The highest BCUT2D eigenvalue weighted by Gasteiger charge is 2.41. The van der Waals surface area contributed by atoms with Crippen LogP contribution in [-0.2, 0) is 4.79 Å². The summed E-state index contributed by atoms with van der Waals surface area (Å²) in [5, 5.41) is 2.92. The van der Waals surface area contributed by atoms with Crippen molar-refractivity contribution >= 4 is 35.0 Å².